The Morgan fingerprint density at radius 1 is 1.12 bits per heavy atom. The summed E-state index contributed by atoms with van der Waals surface area (Å²) in [6.07, 6.45) is 0. The lowest BCUT2D eigenvalue weighted by Gasteiger charge is -2.19. The molecule has 2 aromatic rings. The summed E-state index contributed by atoms with van der Waals surface area (Å²) in [5.74, 6) is 0.103. The Morgan fingerprint density at radius 3 is 2.29 bits per heavy atom. The van der Waals surface area contributed by atoms with Gasteiger partial charge in [0, 0.05) is 11.3 Å². The molecule has 0 bridgehead atoms. The lowest BCUT2D eigenvalue weighted by atomic mass is 9.87. The number of carbonyl (C=O) groups excluding carboxylic acids is 1. The highest BCUT2D eigenvalue weighted by Gasteiger charge is 2.14. The number of hydrogen-bond donors (Lipinski definition) is 3. The van der Waals surface area contributed by atoms with Crippen LogP contribution < -0.4 is 16.4 Å². The van der Waals surface area contributed by atoms with Crippen LogP contribution in [0.15, 0.2) is 54.9 Å². The van der Waals surface area contributed by atoms with Gasteiger partial charge in [0.05, 0.1) is 10.7 Å². The summed E-state index contributed by atoms with van der Waals surface area (Å²) in [4.78, 5) is 12.3. The summed E-state index contributed by atoms with van der Waals surface area (Å²) < 4.78 is 0. The molecule has 4 N–H and O–H groups in total. The second-order valence-electron chi connectivity index (χ2n) is 6.62. The second kappa shape index (κ2) is 6.97. The molecule has 1 amide bonds. The molecule has 0 saturated carbocycles. The number of nitrogen functional groups attached to an aromatic ring is 1. The molecular formula is C19H22ClN3O. The Hall–Kier alpha value is -2.46. The van der Waals surface area contributed by atoms with Gasteiger partial charge < -0.3 is 16.4 Å². The molecule has 0 heterocycles. The zero-order valence-electron chi connectivity index (χ0n) is 14.1. The van der Waals surface area contributed by atoms with E-state index < -0.39 is 0 Å². The molecule has 0 radical (unpaired) electrons. The number of rotatable bonds is 4. The van der Waals surface area contributed by atoms with E-state index in [9.17, 15) is 4.79 Å². The van der Waals surface area contributed by atoms with Crippen LogP contribution >= 0.6 is 11.6 Å². The molecule has 0 aromatic heterocycles. The van der Waals surface area contributed by atoms with Gasteiger partial charge in [-0.05, 0) is 41.3 Å². The van der Waals surface area contributed by atoms with Crippen molar-refractivity contribution in [3.63, 3.8) is 0 Å². The molecule has 0 saturated heterocycles. The minimum absolute atomic E-state index is 0.0477. The zero-order valence-corrected chi connectivity index (χ0v) is 14.9. The van der Waals surface area contributed by atoms with Crippen LogP contribution in [0, 0.1) is 0 Å². The van der Waals surface area contributed by atoms with Crippen molar-refractivity contribution in [3.05, 3.63) is 71.0 Å². The number of amides is 1. The zero-order chi connectivity index (χ0) is 17.9. The molecule has 126 valence electrons. The fourth-order valence-corrected chi connectivity index (χ4v) is 2.39. The molecule has 0 aliphatic carbocycles. The Balaban J connectivity index is 2.02. The quantitative estimate of drug-likeness (QED) is 0.714. The van der Waals surface area contributed by atoms with Crippen molar-refractivity contribution in [1.29, 1.82) is 0 Å². The maximum Gasteiger partial charge on any atom is 0.256 e. The molecule has 4 nitrogen and oxygen atoms in total. The van der Waals surface area contributed by atoms with Crippen molar-refractivity contribution in [1.82, 2.24) is 5.32 Å². The third-order valence-electron chi connectivity index (χ3n) is 3.56. The lowest BCUT2D eigenvalue weighted by Crippen LogP contribution is -2.26. The van der Waals surface area contributed by atoms with Gasteiger partial charge in [0.25, 0.3) is 5.91 Å². The second-order valence-corrected chi connectivity index (χ2v) is 7.03. The predicted octanol–water partition coefficient (Wildman–Crippen LogP) is 4.53. The van der Waals surface area contributed by atoms with Gasteiger partial charge in [0.1, 0.15) is 5.82 Å². The Kier molecular flexibility index (Phi) is 5.20. The molecule has 0 fully saturated rings. The topological polar surface area (TPSA) is 67.2 Å². The van der Waals surface area contributed by atoms with Gasteiger partial charge in [-0.1, -0.05) is 51.1 Å². The maximum atomic E-state index is 12.3. The van der Waals surface area contributed by atoms with E-state index in [0.717, 1.165) is 0 Å². The highest BCUT2D eigenvalue weighted by atomic mass is 35.5. The first kappa shape index (κ1) is 17.9. The van der Waals surface area contributed by atoms with Crippen LogP contribution in [0.25, 0.3) is 0 Å². The molecule has 2 rings (SSSR count). The van der Waals surface area contributed by atoms with E-state index in [1.54, 1.807) is 30.3 Å². The number of carbonyl (C=O) groups is 1. The number of anilines is 2. The van der Waals surface area contributed by atoms with Crippen molar-refractivity contribution in [2.45, 2.75) is 26.2 Å². The summed E-state index contributed by atoms with van der Waals surface area (Å²) in [6.45, 7) is 10.2. The number of benzene rings is 2. The summed E-state index contributed by atoms with van der Waals surface area (Å²) >= 11 is 6.09. The highest BCUT2D eigenvalue weighted by Crippen LogP contribution is 2.25. The first-order chi connectivity index (χ1) is 11.2. The number of hydrogen-bond acceptors (Lipinski definition) is 3. The minimum Gasteiger partial charge on any atom is -0.399 e. The fourth-order valence-electron chi connectivity index (χ4n) is 2.16. The molecule has 24 heavy (non-hydrogen) atoms. The van der Waals surface area contributed by atoms with Crippen molar-refractivity contribution >= 4 is 28.9 Å². The molecule has 0 atom stereocenters. The molecule has 2 aromatic carbocycles. The van der Waals surface area contributed by atoms with Crippen molar-refractivity contribution in [2.75, 3.05) is 11.1 Å². The largest absolute Gasteiger partial charge is 0.399 e. The molecule has 5 heteroatoms. The van der Waals surface area contributed by atoms with E-state index in [2.05, 4.69) is 38.0 Å². The predicted molar refractivity (Wildman–Crippen MR) is 101 cm³/mol. The normalized spacial score (nSPS) is 11.0. The van der Waals surface area contributed by atoms with E-state index in [-0.39, 0.29) is 11.3 Å². The van der Waals surface area contributed by atoms with Gasteiger partial charge >= 0.3 is 0 Å². The summed E-state index contributed by atoms with van der Waals surface area (Å²) in [7, 11) is 0. The van der Waals surface area contributed by atoms with E-state index >= 15 is 0 Å². The van der Waals surface area contributed by atoms with E-state index in [1.165, 1.54) is 5.56 Å². The first-order valence-electron chi connectivity index (χ1n) is 7.59. The standard InChI is InChI=1S/C19H22ClN3O/c1-12(22-17-10-9-15(21)11-16(17)20)23-18(24)13-5-7-14(8-6-13)19(2,3)4/h5-11,22H,1,21H2,2-4H3,(H,23,24). The SMILES string of the molecule is C=C(NC(=O)c1ccc(C(C)(C)C)cc1)Nc1ccc(N)cc1Cl. The Labute approximate surface area is 147 Å². The van der Waals surface area contributed by atoms with Crippen LogP contribution in [0.4, 0.5) is 11.4 Å². The van der Waals surface area contributed by atoms with E-state index in [0.29, 0.717) is 27.8 Å². The summed E-state index contributed by atoms with van der Waals surface area (Å²) in [6, 6.07) is 12.6. The van der Waals surface area contributed by atoms with Crippen LogP contribution in [0.5, 0.6) is 0 Å². The third-order valence-corrected chi connectivity index (χ3v) is 3.87. The lowest BCUT2D eigenvalue weighted by molar-refractivity contribution is 0.0966. The van der Waals surface area contributed by atoms with Crippen molar-refractivity contribution < 1.29 is 4.79 Å². The molecule has 0 aliphatic rings. The fraction of sp³-hybridized carbons (Fsp3) is 0.211. The Bertz CT molecular complexity index is 761. The highest BCUT2D eigenvalue weighted by molar-refractivity contribution is 6.33. The average Bonchev–Trinajstić information content (AvgIpc) is 2.49. The number of halogens is 1. The molecule has 0 aliphatic heterocycles. The van der Waals surface area contributed by atoms with Gasteiger partial charge in [0.2, 0.25) is 0 Å². The van der Waals surface area contributed by atoms with Crippen LogP contribution in [0.1, 0.15) is 36.7 Å². The van der Waals surface area contributed by atoms with Crippen molar-refractivity contribution in [2.24, 2.45) is 0 Å². The first-order valence-corrected chi connectivity index (χ1v) is 7.97. The monoisotopic (exact) mass is 343 g/mol. The van der Waals surface area contributed by atoms with Gasteiger partial charge in [0.15, 0.2) is 0 Å². The van der Waals surface area contributed by atoms with Gasteiger partial charge in [-0.2, -0.15) is 0 Å². The van der Waals surface area contributed by atoms with Crippen LogP contribution in [-0.2, 0) is 5.41 Å². The van der Waals surface area contributed by atoms with E-state index in [1.807, 2.05) is 12.1 Å². The van der Waals surface area contributed by atoms with Gasteiger partial charge in [-0.15, -0.1) is 0 Å². The van der Waals surface area contributed by atoms with Crippen molar-refractivity contribution in [3.8, 4) is 0 Å². The summed E-state index contributed by atoms with van der Waals surface area (Å²) in [5.41, 5.74) is 8.63. The van der Waals surface area contributed by atoms with Crippen LogP contribution in [0.2, 0.25) is 5.02 Å². The molecule has 0 spiro atoms. The number of nitrogens with one attached hydrogen (secondary N) is 2. The van der Waals surface area contributed by atoms with Crippen LogP contribution in [0.3, 0.4) is 0 Å². The van der Waals surface area contributed by atoms with Crippen LogP contribution in [-0.4, -0.2) is 5.91 Å². The Morgan fingerprint density at radius 2 is 1.75 bits per heavy atom. The smallest absolute Gasteiger partial charge is 0.256 e. The molecular weight excluding hydrogens is 322 g/mol. The molecule has 0 unspecified atom stereocenters. The maximum absolute atomic E-state index is 12.3. The van der Waals surface area contributed by atoms with Gasteiger partial charge in [-0.25, -0.2) is 0 Å². The van der Waals surface area contributed by atoms with Gasteiger partial charge in [-0.3, -0.25) is 4.79 Å². The minimum atomic E-state index is -0.237. The summed E-state index contributed by atoms with van der Waals surface area (Å²) in [5, 5.41) is 6.13. The number of nitrogens with two attached hydrogens (primary N) is 1. The third kappa shape index (κ3) is 4.52. The average molecular weight is 344 g/mol. The van der Waals surface area contributed by atoms with E-state index in [4.69, 9.17) is 17.3 Å².